The second kappa shape index (κ2) is 5.74. The van der Waals surface area contributed by atoms with Crippen molar-refractivity contribution >= 4 is 5.69 Å². The van der Waals surface area contributed by atoms with Gasteiger partial charge >= 0.3 is 0 Å². The Labute approximate surface area is 124 Å². The first-order valence-corrected chi connectivity index (χ1v) is 7.26. The first kappa shape index (κ1) is 13.9. The Balaban J connectivity index is 1.98. The number of nitrogens with one attached hydrogen (secondary N) is 1. The molecule has 1 unspecified atom stereocenters. The van der Waals surface area contributed by atoms with Crippen LogP contribution in [0.4, 0.5) is 5.69 Å². The number of fused-ring (bicyclic) bond motifs is 1. The molecule has 1 atom stereocenters. The van der Waals surface area contributed by atoms with E-state index in [1.165, 1.54) is 5.56 Å². The molecule has 21 heavy (non-hydrogen) atoms. The van der Waals surface area contributed by atoms with Crippen molar-refractivity contribution in [1.29, 1.82) is 0 Å². The van der Waals surface area contributed by atoms with Gasteiger partial charge in [-0.25, -0.2) is 0 Å². The van der Waals surface area contributed by atoms with Crippen LogP contribution in [0.15, 0.2) is 30.6 Å². The lowest BCUT2D eigenvalue weighted by molar-refractivity contribution is 0.158. The fourth-order valence-electron chi connectivity index (χ4n) is 2.83. The molecule has 1 aliphatic rings. The molecule has 0 saturated carbocycles. The molecular formula is C17H20N2O2. The van der Waals surface area contributed by atoms with Gasteiger partial charge in [0.05, 0.1) is 12.2 Å². The molecule has 0 amide bonds. The topological polar surface area (TPSA) is 54.4 Å². The SMILES string of the molecule is Cc1cncc(C)c1-c1ccc2c(c1)OC(CCO)CN2. The van der Waals surface area contributed by atoms with Gasteiger partial charge in [-0.05, 0) is 48.2 Å². The quantitative estimate of drug-likeness (QED) is 0.910. The summed E-state index contributed by atoms with van der Waals surface area (Å²) in [5.74, 6) is 0.854. The van der Waals surface area contributed by atoms with E-state index in [-0.39, 0.29) is 12.7 Å². The molecule has 3 rings (SSSR count). The number of aliphatic hydroxyl groups is 1. The highest BCUT2D eigenvalue weighted by Gasteiger charge is 2.19. The molecule has 0 bridgehead atoms. The molecule has 2 N–H and O–H groups in total. The highest BCUT2D eigenvalue weighted by Crippen LogP contribution is 2.36. The molecule has 2 aromatic rings. The van der Waals surface area contributed by atoms with Gasteiger partial charge in [0.1, 0.15) is 11.9 Å². The minimum atomic E-state index is 0.0254. The van der Waals surface area contributed by atoms with E-state index in [0.717, 1.165) is 34.7 Å². The molecule has 110 valence electrons. The number of anilines is 1. The van der Waals surface area contributed by atoms with Gasteiger partial charge in [0.15, 0.2) is 0 Å². The van der Waals surface area contributed by atoms with Gasteiger partial charge in [0.25, 0.3) is 0 Å². The minimum Gasteiger partial charge on any atom is -0.486 e. The smallest absolute Gasteiger partial charge is 0.143 e. The van der Waals surface area contributed by atoms with E-state index in [0.29, 0.717) is 6.42 Å². The normalized spacial score (nSPS) is 16.8. The third-order valence-corrected chi connectivity index (χ3v) is 3.86. The fraction of sp³-hybridized carbons (Fsp3) is 0.353. The Hall–Kier alpha value is -2.07. The van der Waals surface area contributed by atoms with E-state index < -0.39 is 0 Å². The highest BCUT2D eigenvalue weighted by atomic mass is 16.5. The maximum absolute atomic E-state index is 9.06. The summed E-state index contributed by atoms with van der Waals surface area (Å²) in [4.78, 5) is 4.22. The van der Waals surface area contributed by atoms with Crippen LogP contribution >= 0.6 is 0 Å². The average molecular weight is 284 g/mol. The van der Waals surface area contributed by atoms with E-state index in [2.05, 4.69) is 42.3 Å². The van der Waals surface area contributed by atoms with Crippen molar-refractivity contribution in [2.45, 2.75) is 26.4 Å². The molecular weight excluding hydrogens is 264 g/mol. The molecule has 1 aromatic carbocycles. The van der Waals surface area contributed by atoms with Gasteiger partial charge < -0.3 is 15.2 Å². The lowest BCUT2D eigenvalue weighted by Crippen LogP contribution is -2.31. The Bertz CT molecular complexity index is 635. The van der Waals surface area contributed by atoms with Gasteiger partial charge in [-0.2, -0.15) is 0 Å². The number of benzene rings is 1. The van der Waals surface area contributed by atoms with Crippen LogP contribution in [-0.2, 0) is 0 Å². The summed E-state index contributed by atoms with van der Waals surface area (Å²) in [6.07, 6.45) is 4.44. The van der Waals surface area contributed by atoms with Crippen LogP contribution < -0.4 is 10.1 Å². The van der Waals surface area contributed by atoms with Crippen LogP contribution in [0, 0.1) is 13.8 Å². The van der Waals surface area contributed by atoms with Crippen molar-refractivity contribution in [2.75, 3.05) is 18.5 Å². The molecule has 4 heteroatoms. The first-order chi connectivity index (χ1) is 10.2. The minimum absolute atomic E-state index is 0.0254. The maximum Gasteiger partial charge on any atom is 0.143 e. The number of hydrogen-bond acceptors (Lipinski definition) is 4. The number of nitrogens with zero attached hydrogens (tertiary/aromatic N) is 1. The third-order valence-electron chi connectivity index (χ3n) is 3.86. The molecule has 0 aliphatic carbocycles. The molecule has 2 heterocycles. The fourth-order valence-corrected chi connectivity index (χ4v) is 2.83. The summed E-state index contributed by atoms with van der Waals surface area (Å²) < 4.78 is 5.98. The van der Waals surface area contributed by atoms with Crippen LogP contribution in [0.25, 0.3) is 11.1 Å². The van der Waals surface area contributed by atoms with E-state index in [4.69, 9.17) is 9.84 Å². The van der Waals surface area contributed by atoms with Crippen molar-refractivity contribution in [3.8, 4) is 16.9 Å². The van der Waals surface area contributed by atoms with Gasteiger partial charge in [0.2, 0.25) is 0 Å². The monoisotopic (exact) mass is 284 g/mol. The predicted octanol–water partition coefficient (Wildman–Crippen LogP) is 2.92. The summed E-state index contributed by atoms with van der Waals surface area (Å²) in [7, 11) is 0. The van der Waals surface area contributed by atoms with Crippen LogP contribution in [0.3, 0.4) is 0 Å². The zero-order chi connectivity index (χ0) is 14.8. The standard InChI is InChI=1S/C17H20N2O2/c1-11-8-18-9-12(2)17(11)13-3-4-15-16(7-13)21-14(5-6-20)10-19-15/h3-4,7-9,14,19-20H,5-6,10H2,1-2H3. The summed E-state index contributed by atoms with van der Waals surface area (Å²) in [5.41, 5.74) is 5.67. The number of rotatable bonds is 3. The summed E-state index contributed by atoms with van der Waals surface area (Å²) in [6.45, 7) is 5.02. The number of pyridine rings is 1. The highest BCUT2D eigenvalue weighted by molar-refractivity contribution is 5.75. The van der Waals surface area contributed by atoms with E-state index in [1.807, 2.05) is 12.4 Å². The van der Waals surface area contributed by atoms with Crippen LogP contribution in [-0.4, -0.2) is 29.3 Å². The van der Waals surface area contributed by atoms with Gasteiger partial charge in [-0.1, -0.05) is 6.07 Å². The Morgan fingerprint density at radius 2 is 2.05 bits per heavy atom. The Morgan fingerprint density at radius 3 is 2.76 bits per heavy atom. The summed E-state index contributed by atoms with van der Waals surface area (Å²) in [5, 5.41) is 12.4. The van der Waals surface area contributed by atoms with E-state index >= 15 is 0 Å². The number of aliphatic hydroxyl groups excluding tert-OH is 1. The molecule has 0 saturated heterocycles. The predicted molar refractivity (Wildman–Crippen MR) is 83.8 cm³/mol. The average Bonchev–Trinajstić information content (AvgIpc) is 2.47. The molecule has 4 nitrogen and oxygen atoms in total. The van der Waals surface area contributed by atoms with Gasteiger partial charge in [-0.3, -0.25) is 4.98 Å². The van der Waals surface area contributed by atoms with E-state index in [9.17, 15) is 0 Å². The number of hydrogen-bond donors (Lipinski definition) is 2. The summed E-state index contributed by atoms with van der Waals surface area (Å²) in [6, 6.07) is 6.23. The molecule has 0 fully saturated rings. The lowest BCUT2D eigenvalue weighted by Gasteiger charge is -2.27. The number of aryl methyl sites for hydroxylation is 2. The van der Waals surface area contributed by atoms with Gasteiger partial charge in [0, 0.05) is 25.4 Å². The molecule has 1 aliphatic heterocycles. The second-order valence-corrected chi connectivity index (χ2v) is 5.49. The van der Waals surface area contributed by atoms with Crippen molar-refractivity contribution in [3.05, 3.63) is 41.7 Å². The van der Waals surface area contributed by atoms with E-state index in [1.54, 1.807) is 0 Å². The zero-order valence-electron chi connectivity index (χ0n) is 12.4. The van der Waals surface area contributed by atoms with Crippen molar-refractivity contribution < 1.29 is 9.84 Å². The first-order valence-electron chi connectivity index (χ1n) is 7.26. The Kier molecular flexibility index (Phi) is 3.80. The Morgan fingerprint density at radius 1 is 1.29 bits per heavy atom. The lowest BCUT2D eigenvalue weighted by atomic mass is 9.97. The molecule has 0 spiro atoms. The van der Waals surface area contributed by atoms with Crippen molar-refractivity contribution in [2.24, 2.45) is 0 Å². The van der Waals surface area contributed by atoms with Crippen LogP contribution in [0.2, 0.25) is 0 Å². The molecule has 0 radical (unpaired) electrons. The summed E-state index contributed by atoms with van der Waals surface area (Å²) >= 11 is 0. The number of ether oxygens (including phenoxy) is 1. The largest absolute Gasteiger partial charge is 0.486 e. The molecule has 1 aromatic heterocycles. The number of aromatic nitrogens is 1. The maximum atomic E-state index is 9.06. The zero-order valence-corrected chi connectivity index (χ0v) is 12.4. The van der Waals surface area contributed by atoms with Crippen LogP contribution in [0.5, 0.6) is 5.75 Å². The van der Waals surface area contributed by atoms with Crippen LogP contribution in [0.1, 0.15) is 17.5 Å². The third kappa shape index (κ3) is 2.72. The second-order valence-electron chi connectivity index (χ2n) is 5.49. The van der Waals surface area contributed by atoms with Gasteiger partial charge in [-0.15, -0.1) is 0 Å². The van der Waals surface area contributed by atoms with Crippen molar-refractivity contribution in [1.82, 2.24) is 4.98 Å². The van der Waals surface area contributed by atoms with Crippen molar-refractivity contribution in [3.63, 3.8) is 0 Å².